The Morgan fingerprint density at radius 3 is 2.21 bits per heavy atom. The zero-order chi connectivity index (χ0) is 14.2. The highest BCUT2D eigenvalue weighted by atomic mass is 35.5. The Labute approximate surface area is 116 Å². The molecule has 0 N–H and O–H groups in total. The van der Waals surface area contributed by atoms with Crippen LogP contribution in [0.1, 0.15) is 24.2 Å². The number of likely N-dealkylation sites (tertiary alicyclic amines) is 1. The molecule has 2 amide bonds. The van der Waals surface area contributed by atoms with E-state index >= 15 is 0 Å². The van der Waals surface area contributed by atoms with Crippen molar-refractivity contribution in [1.29, 1.82) is 0 Å². The minimum atomic E-state index is -0.369. The molecule has 1 heterocycles. The second kappa shape index (κ2) is 5.13. The van der Waals surface area contributed by atoms with Gasteiger partial charge < -0.3 is 0 Å². The molecule has 1 aromatic rings. The number of carbonyl (C=O) groups excluding carboxylic acids is 3. The van der Waals surface area contributed by atoms with E-state index in [-0.39, 0.29) is 36.0 Å². The number of imide groups is 1. The van der Waals surface area contributed by atoms with Gasteiger partial charge in [0.15, 0.2) is 5.78 Å². The lowest BCUT2D eigenvalue weighted by Crippen LogP contribution is -2.35. The molecule has 1 saturated heterocycles. The van der Waals surface area contributed by atoms with E-state index in [2.05, 4.69) is 0 Å². The number of ketones is 1. The van der Waals surface area contributed by atoms with Crippen molar-refractivity contribution in [2.75, 3.05) is 6.54 Å². The van der Waals surface area contributed by atoms with Crippen LogP contribution in [-0.2, 0) is 9.59 Å². The molecule has 19 heavy (non-hydrogen) atoms. The summed E-state index contributed by atoms with van der Waals surface area (Å²) in [5.41, 5.74) is 0.331. The number of hydrogen-bond donors (Lipinski definition) is 0. The van der Waals surface area contributed by atoms with Crippen LogP contribution in [0, 0.1) is 11.8 Å². The monoisotopic (exact) mass is 279 g/mol. The van der Waals surface area contributed by atoms with E-state index < -0.39 is 0 Å². The molecule has 0 spiro atoms. The first-order valence-corrected chi connectivity index (χ1v) is 6.44. The summed E-state index contributed by atoms with van der Waals surface area (Å²) in [6.07, 6.45) is 0. The summed E-state index contributed by atoms with van der Waals surface area (Å²) in [7, 11) is 0. The maximum Gasteiger partial charge on any atom is 0.233 e. The molecular formula is C14H14ClNO3. The summed E-state index contributed by atoms with van der Waals surface area (Å²) in [6, 6.07) is 6.60. The number of Topliss-reactive ketones (excluding diaryl/α,β-unsaturated/α-hetero) is 1. The van der Waals surface area contributed by atoms with Gasteiger partial charge in [-0.1, -0.05) is 37.6 Å². The van der Waals surface area contributed by atoms with Crippen molar-refractivity contribution in [3.05, 3.63) is 34.9 Å². The molecule has 4 nitrogen and oxygen atoms in total. The zero-order valence-corrected chi connectivity index (χ0v) is 11.5. The second-order valence-corrected chi connectivity index (χ2v) is 5.15. The fourth-order valence-electron chi connectivity index (χ4n) is 2.10. The molecule has 2 atom stereocenters. The molecule has 0 saturated carbocycles. The molecule has 2 unspecified atom stereocenters. The number of rotatable bonds is 3. The largest absolute Gasteiger partial charge is 0.292 e. The van der Waals surface area contributed by atoms with Crippen LogP contribution >= 0.6 is 11.6 Å². The molecule has 1 aromatic carbocycles. The molecule has 0 radical (unpaired) electrons. The SMILES string of the molecule is CC1C(=O)N(CC(=O)c2ccccc2Cl)C(=O)C1C. The molecule has 5 heteroatoms. The van der Waals surface area contributed by atoms with E-state index in [1.807, 2.05) is 0 Å². The Hall–Kier alpha value is -1.68. The number of benzene rings is 1. The van der Waals surface area contributed by atoms with Gasteiger partial charge in [0.25, 0.3) is 0 Å². The average molecular weight is 280 g/mol. The van der Waals surface area contributed by atoms with Crippen LogP contribution in [0.5, 0.6) is 0 Å². The standard InChI is InChI=1S/C14H14ClNO3/c1-8-9(2)14(19)16(13(8)18)7-12(17)10-5-3-4-6-11(10)15/h3-6,8-9H,7H2,1-2H3. The normalized spacial score (nSPS) is 23.0. The van der Waals surface area contributed by atoms with Gasteiger partial charge in [0.2, 0.25) is 11.8 Å². The van der Waals surface area contributed by atoms with Crippen molar-refractivity contribution < 1.29 is 14.4 Å². The van der Waals surface area contributed by atoms with Gasteiger partial charge in [-0.15, -0.1) is 0 Å². The predicted molar refractivity (Wildman–Crippen MR) is 70.8 cm³/mol. The van der Waals surface area contributed by atoms with Gasteiger partial charge in [0.1, 0.15) is 0 Å². The van der Waals surface area contributed by atoms with Crippen molar-refractivity contribution in [3.8, 4) is 0 Å². The Morgan fingerprint density at radius 1 is 1.16 bits per heavy atom. The molecule has 0 aliphatic carbocycles. The lowest BCUT2D eigenvalue weighted by Gasteiger charge is -2.13. The van der Waals surface area contributed by atoms with Gasteiger partial charge in [-0.25, -0.2) is 0 Å². The molecule has 0 bridgehead atoms. The molecule has 1 fully saturated rings. The van der Waals surface area contributed by atoms with Crippen molar-refractivity contribution in [1.82, 2.24) is 4.90 Å². The summed E-state index contributed by atoms with van der Waals surface area (Å²) in [4.78, 5) is 36.9. The van der Waals surface area contributed by atoms with Crippen LogP contribution in [0.4, 0.5) is 0 Å². The van der Waals surface area contributed by atoms with Crippen LogP contribution in [0.3, 0.4) is 0 Å². The topological polar surface area (TPSA) is 54.5 Å². The second-order valence-electron chi connectivity index (χ2n) is 4.74. The van der Waals surface area contributed by atoms with Crippen LogP contribution in [0.25, 0.3) is 0 Å². The molecule has 0 aromatic heterocycles. The van der Waals surface area contributed by atoms with Crippen molar-refractivity contribution in [2.24, 2.45) is 11.8 Å². The highest BCUT2D eigenvalue weighted by molar-refractivity contribution is 6.34. The summed E-state index contributed by atoms with van der Waals surface area (Å²) in [5.74, 6) is -1.65. The Kier molecular flexibility index (Phi) is 3.71. The summed E-state index contributed by atoms with van der Waals surface area (Å²) in [6.45, 7) is 3.16. The zero-order valence-electron chi connectivity index (χ0n) is 10.7. The first-order valence-electron chi connectivity index (χ1n) is 6.06. The number of nitrogens with zero attached hydrogens (tertiary/aromatic N) is 1. The quantitative estimate of drug-likeness (QED) is 0.629. The van der Waals surface area contributed by atoms with Gasteiger partial charge in [-0.3, -0.25) is 19.3 Å². The number of hydrogen-bond acceptors (Lipinski definition) is 3. The molecular weight excluding hydrogens is 266 g/mol. The average Bonchev–Trinajstić information content (AvgIpc) is 2.57. The lowest BCUT2D eigenvalue weighted by atomic mass is 10.00. The van der Waals surface area contributed by atoms with Crippen molar-refractivity contribution in [2.45, 2.75) is 13.8 Å². The summed E-state index contributed by atoms with van der Waals surface area (Å²) in [5, 5.41) is 0.327. The molecule has 100 valence electrons. The van der Waals surface area contributed by atoms with E-state index in [1.54, 1.807) is 38.1 Å². The third-order valence-electron chi connectivity index (χ3n) is 3.54. The minimum absolute atomic E-state index is 0.240. The minimum Gasteiger partial charge on any atom is -0.292 e. The third kappa shape index (κ3) is 2.40. The van der Waals surface area contributed by atoms with Crippen molar-refractivity contribution >= 4 is 29.2 Å². The Bertz CT molecular complexity index is 535. The molecule has 1 aliphatic heterocycles. The maximum absolute atomic E-state index is 12.1. The van der Waals surface area contributed by atoms with Crippen LogP contribution in [0.15, 0.2) is 24.3 Å². The Morgan fingerprint density at radius 2 is 1.68 bits per heavy atom. The van der Waals surface area contributed by atoms with E-state index in [4.69, 9.17) is 11.6 Å². The first-order chi connectivity index (χ1) is 8.93. The van der Waals surface area contributed by atoms with Gasteiger partial charge in [-0.05, 0) is 12.1 Å². The predicted octanol–water partition coefficient (Wildman–Crippen LogP) is 2.16. The Balaban J connectivity index is 2.19. The molecule has 1 aliphatic rings. The van der Waals surface area contributed by atoms with Crippen LogP contribution in [0.2, 0.25) is 5.02 Å². The van der Waals surface area contributed by atoms with Gasteiger partial charge >= 0.3 is 0 Å². The summed E-state index contributed by atoms with van der Waals surface area (Å²) >= 11 is 5.93. The lowest BCUT2D eigenvalue weighted by molar-refractivity contribution is -0.139. The van der Waals surface area contributed by atoms with Crippen LogP contribution < -0.4 is 0 Å². The smallest absolute Gasteiger partial charge is 0.233 e. The maximum atomic E-state index is 12.1. The number of halogens is 1. The first kappa shape index (κ1) is 13.7. The molecule has 2 rings (SSSR count). The van der Waals surface area contributed by atoms with E-state index in [0.717, 1.165) is 4.90 Å². The number of amides is 2. The van der Waals surface area contributed by atoms with Gasteiger partial charge in [-0.2, -0.15) is 0 Å². The fraction of sp³-hybridized carbons (Fsp3) is 0.357. The fourth-order valence-corrected chi connectivity index (χ4v) is 2.34. The van der Waals surface area contributed by atoms with Gasteiger partial charge in [0, 0.05) is 17.4 Å². The van der Waals surface area contributed by atoms with E-state index in [9.17, 15) is 14.4 Å². The summed E-state index contributed by atoms with van der Waals surface area (Å²) < 4.78 is 0. The van der Waals surface area contributed by atoms with E-state index in [1.165, 1.54) is 0 Å². The van der Waals surface area contributed by atoms with Gasteiger partial charge in [0.05, 0.1) is 11.6 Å². The van der Waals surface area contributed by atoms with Crippen LogP contribution in [-0.4, -0.2) is 29.0 Å². The number of carbonyl (C=O) groups is 3. The van der Waals surface area contributed by atoms with Crippen molar-refractivity contribution in [3.63, 3.8) is 0 Å². The van der Waals surface area contributed by atoms with E-state index in [0.29, 0.717) is 10.6 Å². The third-order valence-corrected chi connectivity index (χ3v) is 3.87. The highest BCUT2D eigenvalue weighted by Gasteiger charge is 2.42. The highest BCUT2D eigenvalue weighted by Crippen LogP contribution is 2.26.